The average molecular weight is 292 g/mol. The van der Waals surface area contributed by atoms with Crippen LogP contribution in [0, 0.1) is 0 Å². The van der Waals surface area contributed by atoms with E-state index in [1.54, 1.807) is 6.92 Å². The first-order valence-electron chi connectivity index (χ1n) is 7.60. The Bertz CT molecular complexity index is 435. The number of amides is 1. The molecule has 0 aliphatic heterocycles. The zero-order valence-corrected chi connectivity index (χ0v) is 13.8. The molecule has 0 aromatic heterocycles. The van der Waals surface area contributed by atoms with Crippen molar-refractivity contribution in [3.05, 3.63) is 29.8 Å². The van der Waals surface area contributed by atoms with E-state index in [4.69, 9.17) is 4.74 Å². The lowest BCUT2D eigenvalue weighted by molar-refractivity contribution is -0.127. The predicted molar refractivity (Wildman–Crippen MR) is 86.4 cm³/mol. The molecular formula is C17H28N2O2. The largest absolute Gasteiger partial charge is 0.481 e. The summed E-state index contributed by atoms with van der Waals surface area (Å²) in [6.45, 7) is 11.7. The summed E-state index contributed by atoms with van der Waals surface area (Å²) in [6, 6.07) is 7.85. The van der Waals surface area contributed by atoms with E-state index in [0.29, 0.717) is 12.3 Å². The molecule has 0 heterocycles. The smallest absolute Gasteiger partial charge is 0.260 e. The van der Waals surface area contributed by atoms with Crippen molar-refractivity contribution in [3.63, 3.8) is 0 Å². The highest BCUT2D eigenvalue weighted by molar-refractivity contribution is 5.80. The molecule has 0 saturated heterocycles. The van der Waals surface area contributed by atoms with Crippen LogP contribution in [0.2, 0.25) is 0 Å². The SMILES string of the molecule is CCCNC(=O)C(C)Oc1ccc(CNC(C)(C)C)cc1. The predicted octanol–water partition coefficient (Wildman–Crippen LogP) is 2.87. The van der Waals surface area contributed by atoms with Gasteiger partial charge in [-0.05, 0) is 51.8 Å². The van der Waals surface area contributed by atoms with Crippen molar-refractivity contribution in [1.82, 2.24) is 10.6 Å². The molecule has 0 saturated carbocycles. The molecule has 0 aliphatic rings. The Morgan fingerprint density at radius 1 is 1.24 bits per heavy atom. The van der Waals surface area contributed by atoms with E-state index in [9.17, 15) is 4.79 Å². The molecule has 1 aromatic rings. The van der Waals surface area contributed by atoms with Crippen molar-refractivity contribution in [2.45, 2.75) is 59.2 Å². The Hall–Kier alpha value is -1.55. The van der Waals surface area contributed by atoms with Gasteiger partial charge in [0.1, 0.15) is 5.75 Å². The summed E-state index contributed by atoms with van der Waals surface area (Å²) in [5.41, 5.74) is 1.29. The van der Waals surface area contributed by atoms with Gasteiger partial charge in [-0.3, -0.25) is 4.79 Å². The van der Waals surface area contributed by atoms with Gasteiger partial charge < -0.3 is 15.4 Å². The van der Waals surface area contributed by atoms with Gasteiger partial charge in [-0.15, -0.1) is 0 Å². The highest BCUT2D eigenvalue weighted by Crippen LogP contribution is 2.14. The molecular weight excluding hydrogens is 264 g/mol. The van der Waals surface area contributed by atoms with Gasteiger partial charge in [-0.2, -0.15) is 0 Å². The molecule has 2 N–H and O–H groups in total. The number of carbonyl (C=O) groups is 1. The monoisotopic (exact) mass is 292 g/mol. The van der Waals surface area contributed by atoms with E-state index in [1.807, 2.05) is 31.2 Å². The van der Waals surface area contributed by atoms with Crippen LogP contribution in [0.15, 0.2) is 24.3 Å². The molecule has 0 spiro atoms. The minimum atomic E-state index is -0.477. The molecule has 4 nitrogen and oxygen atoms in total. The molecule has 1 unspecified atom stereocenters. The Labute approximate surface area is 128 Å². The second-order valence-corrected chi connectivity index (χ2v) is 6.30. The second-order valence-electron chi connectivity index (χ2n) is 6.30. The van der Waals surface area contributed by atoms with Crippen molar-refractivity contribution in [1.29, 1.82) is 0 Å². The summed E-state index contributed by atoms with van der Waals surface area (Å²) in [5.74, 6) is 0.643. The van der Waals surface area contributed by atoms with Gasteiger partial charge in [0.25, 0.3) is 5.91 Å². The van der Waals surface area contributed by atoms with E-state index >= 15 is 0 Å². The van der Waals surface area contributed by atoms with Gasteiger partial charge in [0.05, 0.1) is 0 Å². The summed E-state index contributed by atoms with van der Waals surface area (Å²) < 4.78 is 5.64. The zero-order chi connectivity index (χ0) is 15.9. The summed E-state index contributed by atoms with van der Waals surface area (Å²) >= 11 is 0. The molecule has 1 atom stereocenters. The van der Waals surface area contributed by atoms with Crippen molar-refractivity contribution < 1.29 is 9.53 Å². The summed E-state index contributed by atoms with van der Waals surface area (Å²) in [7, 11) is 0. The molecule has 1 amide bonds. The normalized spacial score (nSPS) is 12.8. The lowest BCUT2D eigenvalue weighted by Crippen LogP contribution is -2.36. The van der Waals surface area contributed by atoms with Crippen molar-refractivity contribution in [2.24, 2.45) is 0 Å². The highest BCUT2D eigenvalue weighted by Gasteiger charge is 2.13. The average Bonchev–Trinajstić information content (AvgIpc) is 2.43. The maximum Gasteiger partial charge on any atom is 0.260 e. The zero-order valence-electron chi connectivity index (χ0n) is 13.8. The fraction of sp³-hybridized carbons (Fsp3) is 0.588. The number of nitrogens with one attached hydrogen (secondary N) is 2. The second kappa shape index (κ2) is 8.03. The highest BCUT2D eigenvalue weighted by atomic mass is 16.5. The molecule has 0 fully saturated rings. The Morgan fingerprint density at radius 2 is 1.86 bits per heavy atom. The van der Waals surface area contributed by atoms with Crippen LogP contribution >= 0.6 is 0 Å². The number of hydrogen-bond acceptors (Lipinski definition) is 3. The van der Waals surface area contributed by atoms with E-state index in [0.717, 1.165) is 13.0 Å². The fourth-order valence-corrected chi connectivity index (χ4v) is 1.70. The van der Waals surface area contributed by atoms with E-state index in [1.165, 1.54) is 5.56 Å². The Balaban J connectivity index is 2.48. The van der Waals surface area contributed by atoms with Crippen LogP contribution in [-0.2, 0) is 11.3 Å². The maximum atomic E-state index is 11.7. The van der Waals surface area contributed by atoms with Gasteiger partial charge >= 0.3 is 0 Å². The van der Waals surface area contributed by atoms with Gasteiger partial charge in [0.2, 0.25) is 0 Å². The van der Waals surface area contributed by atoms with E-state index < -0.39 is 6.10 Å². The topological polar surface area (TPSA) is 50.4 Å². The van der Waals surface area contributed by atoms with Crippen LogP contribution in [0.5, 0.6) is 5.75 Å². The quantitative estimate of drug-likeness (QED) is 0.812. The van der Waals surface area contributed by atoms with Crippen molar-refractivity contribution in [3.8, 4) is 5.75 Å². The van der Waals surface area contributed by atoms with Crippen LogP contribution < -0.4 is 15.4 Å². The third-order valence-corrected chi connectivity index (χ3v) is 2.98. The van der Waals surface area contributed by atoms with Crippen molar-refractivity contribution >= 4 is 5.91 Å². The molecule has 1 aromatic carbocycles. The minimum absolute atomic E-state index is 0.0738. The van der Waals surface area contributed by atoms with Crippen LogP contribution in [0.1, 0.15) is 46.6 Å². The molecule has 0 aliphatic carbocycles. The lowest BCUT2D eigenvalue weighted by Gasteiger charge is -2.20. The minimum Gasteiger partial charge on any atom is -0.481 e. The Kier molecular flexibility index (Phi) is 6.69. The molecule has 4 heteroatoms. The van der Waals surface area contributed by atoms with Gasteiger partial charge in [0, 0.05) is 18.6 Å². The number of carbonyl (C=O) groups excluding carboxylic acids is 1. The molecule has 118 valence electrons. The van der Waals surface area contributed by atoms with Gasteiger partial charge in [-0.1, -0.05) is 19.1 Å². The third kappa shape index (κ3) is 7.14. The van der Waals surface area contributed by atoms with Crippen LogP contribution in [0.3, 0.4) is 0 Å². The summed E-state index contributed by atoms with van der Waals surface area (Å²) in [6.07, 6.45) is 0.448. The molecule has 1 rings (SSSR count). The number of hydrogen-bond donors (Lipinski definition) is 2. The van der Waals surface area contributed by atoms with E-state index in [2.05, 4.69) is 31.4 Å². The van der Waals surface area contributed by atoms with Crippen LogP contribution in [-0.4, -0.2) is 24.1 Å². The molecule has 21 heavy (non-hydrogen) atoms. The first kappa shape index (κ1) is 17.5. The first-order valence-corrected chi connectivity index (χ1v) is 7.60. The Morgan fingerprint density at radius 3 is 2.38 bits per heavy atom. The molecule has 0 radical (unpaired) electrons. The summed E-state index contributed by atoms with van der Waals surface area (Å²) in [5, 5.41) is 6.26. The summed E-state index contributed by atoms with van der Waals surface area (Å²) in [4.78, 5) is 11.7. The number of ether oxygens (including phenoxy) is 1. The maximum absolute atomic E-state index is 11.7. The van der Waals surface area contributed by atoms with Gasteiger partial charge in [0.15, 0.2) is 6.10 Å². The number of benzene rings is 1. The first-order chi connectivity index (χ1) is 9.81. The van der Waals surface area contributed by atoms with Crippen LogP contribution in [0.4, 0.5) is 0 Å². The molecule has 0 bridgehead atoms. The third-order valence-electron chi connectivity index (χ3n) is 2.98. The van der Waals surface area contributed by atoms with E-state index in [-0.39, 0.29) is 11.4 Å². The fourth-order valence-electron chi connectivity index (χ4n) is 1.70. The standard InChI is InChI=1S/C17H28N2O2/c1-6-11-18-16(20)13(2)21-15-9-7-14(8-10-15)12-19-17(3,4)5/h7-10,13,19H,6,11-12H2,1-5H3,(H,18,20). The number of rotatable bonds is 7. The van der Waals surface area contributed by atoms with Gasteiger partial charge in [-0.25, -0.2) is 0 Å². The lowest BCUT2D eigenvalue weighted by atomic mass is 10.1. The van der Waals surface area contributed by atoms with Crippen molar-refractivity contribution in [2.75, 3.05) is 6.54 Å². The van der Waals surface area contributed by atoms with Crippen LogP contribution in [0.25, 0.3) is 0 Å².